The smallest absolute Gasteiger partial charge is 0.0522 e. The van der Waals surface area contributed by atoms with Gasteiger partial charge in [-0.2, -0.15) is 0 Å². The highest BCUT2D eigenvalue weighted by molar-refractivity contribution is 5.45. The summed E-state index contributed by atoms with van der Waals surface area (Å²) in [7, 11) is 0. The Morgan fingerprint density at radius 2 is 1.50 bits per heavy atom. The molecule has 0 saturated carbocycles. The molecule has 0 spiro atoms. The Balaban J connectivity index is 1.62. The maximum atomic E-state index is 3.78. The minimum Gasteiger partial charge on any atom is -0.378 e. The van der Waals surface area contributed by atoms with Gasteiger partial charge in [-0.3, -0.25) is 0 Å². The van der Waals surface area contributed by atoms with E-state index in [-0.39, 0.29) is 5.54 Å². The van der Waals surface area contributed by atoms with Gasteiger partial charge < -0.3 is 16.0 Å². The van der Waals surface area contributed by atoms with E-state index in [0.717, 1.165) is 39.0 Å². The first kappa shape index (κ1) is 15.1. The molecule has 0 bridgehead atoms. The van der Waals surface area contributed by atoms with Gasteiger partial charge in [0.15, 0.2) is 0 Å². The molecule has 0 radical (unpaired) electrons. The molecular weight excluding hydrogens is 270 g/mol. The molecule has 1 aliphatic rings. The molecule has 0 atom stereocenters. The molecular formula is C19H25N3. The van der Waals surface area contributed by atoms with E-state index >= 15 is 0 Å². The van der Waals surface area contributed by atoms with E-state index in [1.807, 2.05) is 0 Å². The van der Waals surface area contributed by atoms with E-state index in [4.69, 9.17) is 0 Å². The van der Waals surface area contributed by atoms with E-state index in [0.29, 0.717) is 0 Å². The lowest BCUT2D eigenvalue weighted by molar-refractivity contribution is 0.322. The molecule has 2 aromatic rings. The van der Waals surface area contributed by atoms with Crippen LogP contribution in [0, 0.1) is 0 Å². The summed E-state index contributed by atoms with van der Waals surface area (Å²) in [5, 5.41) is 10.9. The molecule has 0 amide bonds. The fourth-order valence-corrected chi connectivity index (χ4v) is 3.12. The van der Waals surface area contributed by atoms with Crippen LogP contribution in [0.5, 0.6) is 0 Å². The summed E-state index contributed by atoms with van der Waals surface area (Å²) in [4.78, 5) is 0. The van der Waals surface area contributed by atoms with Crippen LogP contribution in [0.15, 0.2) is 60.7 Å². The highest BCUT2D eigenvalue weighted by Crippen LogP contribution is 2.24. The molecule has 2 aromatic carbocycles. The monoisotopic (exact) mass is 295 g/mol. The zero-order chi connectivity index (χ0) is 15.1. The molecule has 3 nitrogen and oxygen atoms in total. The van der Waals surface area contributed by atoms with Crippen molar-refractivity contribution in [3.63, 3.8) is 0 Å². The molecule has 1 fully saturated rings. The largest absolute Gasteiger partial charge is 0.378 e. The number of nitrogens with one attached hydrogen (secondary N) is 3. The van der Waals surface area contributed by atoms with E-state index in [9.17, 15) is 0 Å². The number of hydrogen-bond acceptors (Lipinski definition) is 3. The van der Waals surface area contributed by atoms with Crippen molar-refractivity contribution >= 4 is 5.69 Å². The van der Waals surface area contributed by atoms with Gasteiger partial charge in [0.25, 0.3) is 0 Å². The normalized spacial score (nSPS) is 17.1. The molecule has 0 unspecified atom stereocenters. The summed E-state index contributed by atoms with van der Waals surface area (Å²) in [6.07, 6.45) is 2.29. The average Bonchev–Trinajstić information content (AvgIpc) is 2.58. The summed E-state index contributed by atoms with van der Waals surface area (Å²) in [6.45, 7) is 4.06. The van der Waals surface area contributed by atoms with Gasteiger partial charge in [0.1, 0.15) is 0 Å². The number of hydrogen-bond donors (Lipinski definition) is 3. The Hall–Kier alpha value is -1.84. The van der Waals surface area contributed by atoms with Crippen LogP contribution in [0.25, 0.3) is 0 Å². The quantitative estimate of drug-likeness (QED) is 0.767. The van der Waals surface area contributed by atoms with E-state index < -0.39 is 0 Å². The summed E-state index contributed by atoms with van der Waals surface area (Å²) < 4.78 is 0. The average molecular weight is 295 g/mol. The minimum atomic E-state index is 0.140. The number of benzene rings is 2. The van der Waals surface area contributed by atoms with Crippen molar-refractivity contribution < 1.29 is 0 Å². The SMILES string of the molecule is c1ccc(CNCC2(Nc3ccccc3)CCNCC2)cc1. The molecule has 3 N–H and O–H groups in total. The van der Waals surface area contributed by atoms with Crippen LogP contribution in [-0.4, -0.2) is 25.2 Å². The zero-order valence-electron chi connectivity index (χ0n) is 13.0. The minimum absolute atomic E-state index is 0.140. The van der Waals surface area contributed by atoms with E-state index in [1.165, 1.54) is 11.3 Å². The lowest BCUT2D eigenvalue weighted by Gasteiger charge is -2.39. The van der Waals surface area contributed by atoms with Gasteiger partial charge in [0.05, 0.1) is 5.54 Å². The van der Waals surface area contributed by atoms with Crippen molar-refractivity contribution in [2.45, 2.75) is 24.9 Å². The fraction of sp³-hybridized carbons (Fsp3) is 0.368. The van der Waals surface area contributed by atoms with Gasteiger partial charge in [0.2, 0.25) is 0 Å². The van der Waals surface area contributed by atoms with E-state index in [2.05, 4.69) is 76.6 Å². The summed E-state index contributed by atoms with van der Waals surface area (Å²) in [5.74, 6) is 0. The number of piperidine rings is 1. The zero-order valence-corrected chi connectivity index (χ0v) is 13.0. The van der Waals surface area contributed by atoms with Gasteiger partial charge in [0, 0.05) is 18.8 Å². The third-order valence-corrected chi connectivity index (χ3v) is 4.38. The van der Waals surface area contributed by atoms with Crippen molar-refractivity contribution in [1.29, 1.82) is 0 Å². The number of para-hydroxylation sites is 1. The third-order valence-electron chi connectivity index (χ3n) is 4.38. The lowest BCUT2D eigenvalue weighted by atomic mass is 9.87. The van der Waals surface area contributed by atoms with Crippen molar-refractivity contribution in [3.05, 3.63) is 66.2 Å². The van der Waals surface area contributed by atoms with Crippen molar-refractivity contribution in [3.8, 4) is 0 Å². The Kier molecular flexibility index (Phi) is 5.09. The number of rotatable bonds is 6. The van der Waals surface area contributed by atoms with Crippen molar-refractivity contribution in [2.24, 2.45) is 0 Å². The van der Waals surface area contributed by atoms with Gasteiger partial charge in [-0.05, 0) is 43.6 Å². The Labute approximate surface area is 133 Å². The second-order valence-electron chi connectivity index (χ2n) is 6.11. The van der Waals surface area contributed by atoms with Crippen LogP contribution < -0.4 is 16.0 Å². The topological polar surface area (TPSA) is 36.1 Å². The maximum Gasteiger partial charge on any atom is 0.0522 e. The molecule has 3 heteroatoms. The first-order chi connectivity index (χ1) is 10.9. The van der Waals surface area contributed by atoms with Crippen molar-refractivity contribution in [1.82, 2.24) is 10.6 Å². The van der Waals surface area contributed by atoms with E-state index in [1.54, 1.807) is 0 Å². The first-order valence-corrected chi connectivity index (χ1v) is 8.15. The Morgan fingerprint density at radius 1 is 0.864 bits per heavy atom. The maximum absolute atomic E-state index is 3.78. The molecule has 1 heterocycles. The van der Waals surface area contributed by atoms with Crippen LogP contribution in [0.3, 0.4) is 0 Å². The Morgan fingerprint density at radius 3 is 2.18 bits per heavy atom. The van der Waals surface area contributed by atoms with Crippen LogP contribution in [0.1, 0.15) is 18.4 Å². The van der Waals surface area contributed by atoms with Crippen LogP contribution in [0.2, 0.25) is 0 Å². The predicted octanol–water partition coefficient (Wildman–Crippen LogP) is 3.01. The second-order valence-corrected chi connectivity index (χ2v) is 6.11. The highest BCUT2D eigenvalue weighted by Gasteiger charge is 2.31. The van der Waals surface area contributed by atoms with Crippen LogP contribution in [-0.2, 0) is 6.54 Å². The lowest BCUT2D eigenvalue weighted by Crippen LogP contribution is -2.53. The first-order valence-electron chi connectivity index (χ1n) is 8.15. The van der Waals surface area contributed by atoms with Gasteiger partial charge in [-0.25, -0.2) is 0 Å². The Bertz CT molecular complexity index is 547. The number of anilines is 1. The second kappa shape index (κ2) is 7.43. The molecule has 1 saturated heterocycles. The predicted molar refractivity (Wildman–Crippen MR) is 93.0 cm³/mol. The van der Waals surface area contributed by atoms with Crippen LogP contribution in [0.4, 0.5) is 5.69 Å². The standard InChI is InChI=1S/C19H25N3/c1-3-7-17(8-4-1)15-21-16-19(11-13-20-14-12-19)22-18-9-5-2-6-10-18/h1-10,20-22H,11-16H2. The van der Waals surface area contributed by atoms with Gasteiger partial charge in [-0.1, -0.05) is 48.5 Å². The molecule has 0 aliphatic carbocycles. The summed E-state index contributed by atoms with van der Waals surface area (Å²) in [6, 6.07) is 21.2. The molecule has 22 heavy (non-hydrogen) atoms. The molecule has 3 rings (SSSR count). The molecule has 0 aromatic heterocycles. The highest BCUT2D eigenvalue weighted by atomic mass is 15.1. The summed E-state index contributed by atoms with van der Waals surface area (Å²) in [5.41, 5.74) is 2.69. The van der Waals surface area contributed by atoms with Crippen molar-refractivity contribution in [2.75, 3.05) is 25.0 Å². The summed E-state index contributed by atoms with van der Waals surface area (Å²) >= 11 is 0. The van der Waals surface area contributed by atoms with Crippen LogP contribution >= 0.6 is 0 Å². The van der Waals surface area contributed by atoms with Gasteiger partial charge >= 0.3 is 0 Å². The fourth-order valence-electron chi connectivity index (χ4n) is 3.12. The molecule has 116 valence electrons. The third kappa shape index (κ3) is 4.09. The van der Waals surface area contributed by atoms with Gasteiger partial charge in [-0.15, -0.1) is 0 Å². The molecule has 1 aliphatic heterocycles.